The first kappa shape index (κ1) is 34.6. The smallest absolute Gasteiger partial charge is 0.264 e. The van der Waals surface area contributed by atoms with Crippen LogP contribution < -0.4 is 14.4 Å². The summed E-state index contributed by atoms with van der Waals surface area (Å²) < 4.78 is 35.9. The van der Waals surface area contributed by atoms with Gasteiger partial charge in [0.15, 0.2) is 0 Å². The molecule has 11 heteroatoms. The minimum atomic E-state index is -3.98. The number of nitrogens with zero attached hydrogens (tertiary/aromatic N) is 2. The van der Waals surface area contributed by atoms with E-state index in [0.717, 1.165) is 63.7 Å². The maximum absolute atomic E-state index is 13.6. The Hall–Kier alpha value is -2.82. The molecule has 1 saturated heterocycles. The van der Waals surface area contributed by atoms with Crippen LogP contribution in [-0.4, -0.2) is 73.9 Å². The molecule has 5 aliphatic rings. The number of nitrogens with one attached hydrogen (secondary N) is 1. The van der Waals surface area contributed by atoms with Gasteiger partial charge in [-0.05, 0) is 124 Å². The minimum absolute atomic E-state index is 0.0151. The molecule has 2 aromatic rings. The Morgan fingerprint density at radius 3 is 2.59 bits per heavy atom. The molecule has 2 aliphatic carbocycles. The third kappa shape index (κ3) is 6.69. The predicted molar refractivity (Wildman–Crippen MR) is 191 cm³/mol. The zero-order valence-electron chi connectivity index (χ0n) is 28.8. The third-order valence-corrected chi connectivity index (χ3v) is 14.7. The van der Waals surface area contributed by atoms with Gasteiger partial charge in [0.2, 0.25) is 15.9 Å². The summed E-state index contributed by atoms with van der Waals surface area (Å²) in [5.41, 5.74) is 1.96. The number of carbonyl (C=O) groups excluding carboxylic acids is 2. The summed E-state index contributed by atoms with van der Waals surface area (Å²) in [6.45, 7) is 6.72. The van der Waals surface area contributed by atoms with E-state index in [9.17, 15) is 23.1 Å². The first-order valence-electron chi connectivity index (χ1n) is 18.2. The van der Waals surface area contributed by atoms with Gasteiger partial charge in [0, 0.05) is 42.2 Å². The van der Waals surface area contributed by atoms with Crippen LogP contribution in [0.3, 0.4) is 0 Å². The number of ether oxygens (including phenoxy) is 1. The Balaban J connectivity index is 1.29. The molecule has 2 fully saturated rings. The van der Waals surface area contributed by atoms with Gasteiger partial charge in [0.05, 0.1) is 29.6 Å². The number of hydrogen-bond acceptors (Lipinski definition) is 7. The molecule has 1 spiro atoms. The topological polar surface area (TPSA) is 116 Å². The highest BCUT2D eigenvalue weighted by Crippen LogP contribution is 2.50. The van der Waals surface area contributed by atoms with Crippen LogP contribution >= 0.6 is 11.6 Å². The molecule has 6 atom stereocenters. The van der Waals surface area contributed by atoms with Crippen LogP contribution in [0.4, 0.5) is 5.69 Å². The number of anilines is 1. The molecule has 9 nitrogen and oxygen atoms in total. The Morgan fingerprint density at radius 2 is 1.84 bits per heavy atom. The molecule has 2 amide bonds. The standard InChI is InChI=1S/C38H50ClN3O6S/c1-25-7-5-16-38(45,21-35(43)41-17-3-4-18-41)32-12-9-29(32)22-42-23-37(15-6-8-27-19-30(39)11-13-31(27)37)24-48-34-14-10-28(20-33(34)42)36(44)40-49(46,47)26(25)2/h10-11,13-14,19-20,25-26,29,32,45H,3-9,12,15-18,21-24H2,1-2H3,(H,40,44)/t25-,26+,29-,32+,37-,38+/m0/s1. The van der Waals surface area contributed by atoms with Crippen molar-refractivity contribution in [2.75, 3.05) is 37.7 Å². The highest BCUT2D eigenvalue weighted by molar-refractivity contribution is 7.90. The maximum atomic E-state index is 13.6. The Morgan fingerprint density at radius 1 is 1.04 bits per heavy atom. The molecule has 0 radical (unpaired) electrons. The fraction of sp³-hybridized carbons (Fsp3) is 0.632. The molecule has 49 heavy (non-hydrogen) atoms. The molecule has 2 aromatic carbocycles. The quantitative estimate of drug-likeness (QED) is 0.402. The largest absolute Gasteiger partial charge is 0.490 e. The second-order valence-electron chi connectivity index (χ2n) is 15.7. The predicted octanol–water partition coefficient (Wildman–Crippen LogP) is 5.85. The van der Waals surface area contributed by atoms with E-state index in [0.29, 0.717) is 49.7 Å². The number of aliphatic hydroxyl groups is 1. The van der Waals surface area contributed by atoms with Crippen molar-refractivity contribution >= 4 is 39.1 Å². The monoisotopic (exact) mass is 711 g/mol. The molecule has 0 aromatic heterocycles. The summed E-state index contributed by atoms with van der Waals surface area (Å²) in [5, 5.41) is 12.4. The van der Waals surface area contributed by atoms with Gasteiger partial charge < -0.3 is 19.6 Å². The van der Waals surface area contributed by atoms with E-state index in [1.165, 1.54) is 11.1 Å². The van der Waals surface area contributed by atoms with E-state index < -0.39 is 26.8 Å². The first-order chi connectivity index (χ1) is 23.4. The Kier molecular flexibility index (Phi) is 9.45. The van der Waals surface area contributed by atoms with Gasteiger partial charge in [-0.2, -0.15) is 0 Å². The van der Waals surface area contributed by atoms with Crippen LogP contribution in [0.2, 0.25) is 5.02 Å². The van der Waals surface area contributed by atoms with Gasteiger partial charge in [-0.1, -0.05) is 31.0 Å². The summed E-state index contributed by atoms with van der Waals surface area (Å²) in [6.07, 6.45) is 8.29. The first-order valence-corrected chi connectivity index (χ1v) is 20.2. The van der Waals surface area contributed by atoms with E-state index in [1.807, 2.05) is 17.9 Å². The summed E-state index contributed by atoms with van der Waals surface area (Å²) in [7, 11) is -3.98. The van der Waals surface area contributed by atoms with Crippen molar-refractivity contribution < 1.29 is 27.9 Å². The molecule has 2 N–H and O–H groups in total. The highest BCUT2D eigenvalue weighted by atomic mass is 35.5. The zero-order valence-corrected chi connectivity index (χ0v) is 30.3. The molecular weight excluding hydrogens is 662 g/mol. The van der Waals surface area contributed by atoms with Gasteiger partial charge in [-0.3, -0.25) is 9.59 Å². The normalized spacial score (nSPS) is 33.0. The fourth-order valence-electron chi connectivity index (χ4n) is 9.33. The van der Waals surface area contributed by atoms with Gasteiger partial charge in [0.1, 0.15) is 5.75 Å². The molecule has 1 saturated carbocycles. The number of sulfonamides is 1. The summed E-state index contributed by atoms with van der Waals surface area (Å²) >= 11 is 6.45. The van der Waals surface area contributed by atoms with Crippen molar-refractivity contribution in [3.05, 3.63) is 58.1 Å². The molecule has 7 rings (SSSR count). The van der Waals surface area contributed by atoms with Crippen LogP contribution in [0, 0.1) is 17.8 Å². The van der Waals surface area contributed by atoms with E-state index in [2.05, 4.69) is 21.8 Å². The van der Waals surface area contributed by atoms with Crippen molar-refractivity contribution in [1.29, 1.82) is 0 Å². The number of fused-ring (bicyclic) bond motifs is 4. The van der Waals surface area contributed by atoms with Crippen LogP contribution in [0.25, 0.3) is 0 Å². The summed E-state index contributed by atoms with van der Waals surface area (Å²) in [6, 6.07) is 11.3. The lowest BCUT2D eigenvalue weighted by Gasteiger charge is -2.50. The zero-order chi connectivity index (χ0) is 34.6. The molecule has 2 bridgehead atoms. The lowest BCUT2D eigenvalue weighted by atomic mass is 9.61. The molecule has 3 heterocycles. The van der Waals surface area contributed by atoms with E-state index >= 15 is 0 Å². The average molecular weight is 712 g/mol. The van der Waals surface area contributed by atoms with Gasteiger partial charge in [-0.25, -0.2) is 13.1 Å². The summed E-state index contributed by atoms with van der Waals surface area (Å²) in [4.78, 5) is 31.3. The Bertz CT molecular complexity index is 1710. The third-order valence-electron chi connectivity index (χ3n) is 12.6. The number of benzene rings is 2. The van der Waals surface area contributed by atoms with Crippen LogP contribution in [0.5, 0.6) is 5.75 Å². The Labute approximate surface area is 295 Å². The second-order valence-corrected chi connectivity index (χ2v) is 18.1. The number of likely N-dealkylation sites (tertiary alicyclic amines) is 1. The highest BCUT2D eigenvalue weighted by Gasteiger charge is 2.50. The van der Waals surface area contributed by atoms with Gasteiger partial charge in [-0.15, -0.1) is 0 Å². The minimum Gasteiger partial charge on any atom is -0.490 e. The van der Waals surface area contributed by atoms with Crippen molar-refractivity contribution in [2.45, 2.75) is 101 Å². The lowest BCUT2D eigenvalue weighted by Crippen LogP contribution is -2.54. The van der Waals surface area contributed by atoms with E-state index in [1.54, 1.807) is 25.1 Å². The number of amides is 2. The second kappa shape index (κ2) is 13.4. The SMILES string of the molecule is C[C@@H]1[C@@H](C)CCC[C@@](O)(CC(=O)N2CCCC2)[C@@H]2CC[C@H]2CN2C[C@@]3(CCCc4cc(Cl)ccc43)COc3ccc(cc32)C(=O)NS1(=O)=O. The number of hydrogen-bond donors (Lipinski definition) is 2. The molecule has 266 valence electrons. The van der Waals surface area contributed by atoms with Crippen molar-refractivity contribution in [2.24, 2.45) is 17.8 Å². The van der Waals surface area contributed by atoms with E-state index in [4.69, 9.17) is 16.3 Å². The van der Waals surface area contributed by atoms with E-state index in [-0.39, 0.29) is 41.1 Å². The van der Waals surface area contributed by atoms with Crippen LogP contribution in [0.15, 0.2) is 36.4 Å². The molecular formula is C38H50ClN3O6S. The fourth-order valence-corrected chi connectivity index (χ4v) is 10.8. The molecule has 3 aliphatic heterocycles. The van der Waals surface area contributed by atoms with Crippen molar-refractivity contribution in [3.63, 3.8) is 0 Å². The summed E-state index contributed by atoms with van der Waals surface area (Å²) in [5.74, 6) is -0.181. The lowest BCUT2D eigenvalue weighted by molar-refractivity contribution is -0.145. The maximum Gasteiger partial charge on any atom is 0.264 e. The number of carbonyl (C=O) groups is 2. The van der Waals surface area contributed by atoms with Gasteiger partial charge in [0.25, 0.3) is 5.91 Å². The number of halogens is 1. The average Bonchev–Trinajstić information content (AvgIpc) is 3.55. The van der Waals surface area contributed by atoms with Gasteiger partial charge >= 0.3 is 0 Å². The number of rotatable bonds is 2. The van der Waals surface area contributed by atoms with Crippen LogP contribution in [-0.2, 0) is 26.7 Å². The number of aryl methyl sites for hydroxylation is 1. The molecule has 0 unspecified atom stereocenters. The van der Waals surface area contributed by atoms with Crippen molar-refractivity contribution in [3.8, 4) is 5.75 Å². The van der Waals surface area contributed by atoms with Crippen molar-refractivity contribution in [1.82, 2.24) is 9.62 Å². The van der Waals surface area contributed by atoms with Crippen LogP contribution in [0.1, 0.15) is 99.5 Å².